The van der Waals surface area contributed by atoms with Crippen LogP contribution in [-0.4, -0.2) is 25.3 Å². The van der Waals surface area contributed by atoms with Crippen molar-refractivity contribution in [2.24, 2.45) is 5.92 Å². The third kappa shape index (κ3) is 6.16. The van der Waals surface area contributed by atoms with Crippen LogP contribution in [0.3, 0.4) is 0 Å². The lowest BCUT2D eigenvalue weighted by molar-refractivity contribution is 0.00312. The second-order valence-electron chi connectivity index (χ2n) is 5.24. The fourth-order valence-electron chi connectivity index (χ4n) is 2.10. The molecule has 0 amide bonds. The molecule has 1 rings (SSSR count). The smallest absolute Gasteiger partial charge is 0.0675 e. The fraction of sp³-hybridized carbons (Fsp3) is 1.00. The molecular formula is C13H27NO. The van der Waals surface area contributed by atoms with Crippen molar-refractivity contribution < 1.29 is 4.74 Å². The Morgan fingerprint density at radius 3 is 2.47 bits per heavy atom. The number of nitrogens with one attached hydrogen (secondary N) is 1. The zero-order chi connectivity index (χ0) is 11.1. The highest BCUT2D eigenvalue weighted by molar-refractivity contribution is 4.69. The monoisotopic (exact) mass is 213 g/mol. The van der Waals surface area contributed by atoms with Crippen LogP contribution >= 0.6 is 0 Å². The summed E-state index contributed by atoms with van der Waals surface area (Å²) < 4.78 is 5.96. The first-order valence-corrected chi connectivity index (χ1v) is 6.54. The standard InChI is InChI=1S/C13H27NO/c1-11(2)8-9-14-10-12(3)15-13-6-4-5-7-13/h11-14H,4-10H2,1-3H3. The minimum Gasteiger partial charge on any atom is -0.374 e. The summed E-state index contributed by atoms with van der Waals surface area (Å²) in [4.78, 5) is 0. The molecule has 0 bridgehead atoms. The van der Waals surface area contributed by atoms with Crippen molar-refractivity contribution in [3.05, 3.63) is 0 Å². The van der Waals surface area contributed by atoms with Gasteiger partial charge in [-0.25, -0.2) is 0 Å². The van der Waals surface area contributed by atoms with E-state index in [2.05, 4.69) is 26.1 Å². The van der Waals surface area contributed by atoms with Gasteiger partial charge in [-0.15, -0.1) is 0 Å². The van der Waals surface area contributed by atoms with Gasteiger partial charge in [0.25, 0.3) is 0 Å². The molecule has 1 aliphatic carbocycles. The molecule has 90 valence electrons. The van der Waals surface area contributed by atoms with Gasteiger partial charge in [-0.1, -0.05) is 26.7 Å². The Morgan fingerprint density at radius 1 is 1.20 bits per heavy atom. The lowest BCUT2D eigenvalue weighted by Gasteiger charge is -2.19. The molecular weight excluding hydrogens is 186 g/mol. The lowest BCUT2D eigenvalue weighted by atomic mass is 10.1. The van der Waals surface area contributed by atoms with Crippen molar-refractivity contribution in [3.8, 4) is 0 Å². The summed E-state index contributed by atoms with van der Waals surface area (Å²) >= 11 is 0. The molecule has 2 nitrogen and oxygen atoms in total. The summed E-state index contributed by atoms with van der Waals surface area (Å²) in [5, 5.41) is 3.47. The molecule has 1 fully saturated rings. The first-order valence-electron chi connectivity index (χ1n) is 6.54. The van der Waals surface area contributed by atoms with Crippen LogP contribution < -0.4 is 5.32 Å². The number of ether oxygens (including phenoxy) is 1. The first kappa shape index (κ1) is 13.0. The quantitative estimate of drug-likeness (QED) is 0.656. The highest BCUT2D eigenvalue weighted by atomic mass is 16.5. The van der Waals surface area contributed by atoms with Crippen LogP contribution in [0.5, 0.6) is 0 Å². The van der Waals surface area contributed by atoms with Gasteiger partial charge in [-0.3, -0.25) is 0 Å². The van der Waals surface area contributed by atoms with Crippen molar-refractivity contribution in [1.29, 1.82) is 0 Å². The van der Waals surface area contributed by atoms with E-state index in [0.29, 0.717) is 12.2 Å². The van der Waals surface area contributed by atoms with Crippen LogP contribution in [0.1, 0.15) is 52.9 Å². The van der Waals surface area contributed by atoms with Crippen LogP contribution in [0.4, 0.5) is 0 Å². The molecule has 1 unspecified atom stereocenters. The molecule has 1 atom stereocenters. The maximum Gasteiger partial charge on any atom is 0.0675 e. The van der Waals surface area contributed by atoms with Crippen LogP contribution in [0.25, 0.3) is 0 Å². The summed E-state index contributed by atoms with van der Waals surface area (Å²) in [6, 6.07) is 0. The number of hydrogen-bond acceptors (Lipinski definition) is 2. The van der Waals surface area contributed by atoms with Gasteiger partial charge >= 0.3 is 0 Å². The van der Waals surface area contributed by atoms with Crippen LogP contribution in [-0.2, 0) is 4.74 Å². The third-order valence-electron chi connectivity index (χ3n) is 3.06. The Labute approximate surface area is 94.8 Å². The van der Waals surface area contributed by atoms with E-state index >= 15 is 0 Å². The molecule has 0 radical (unpaired) electrons. The average molecular weight is 213 g/mol. The highest BCUT2D eigenvalue weighted by Crippen LogP contribution is 2.21. The van der Waals surface area contributed by atoms with E-state index in [1.54, 1.807) is 0 Å². The van der Waals surface area contributed by atoms with Crippen LogP contribution in [0.15, 0.2) is 0 Å². The number of rotatable bonds is 7. The first-order chi connectivity index (χ1) is 7.18. The van der Waals surface area contributed by atoms with Crippen molar-refractivity contribution in [2.75, 3.05) is 13.1 Å². The predicted octanol–water partition coefficient (Wildman–Crippen LogP) is 2.97. The van der Waals surface area contributed by atoms with E-state index in [1.165, 1.54) is 32.1 Å². The normalized spacial score (nSPS) is 20.0. The molecule has 1 N–H and O–H groups in total. The third-order valence-corrected chi connectivity index (χ3v) is 3.06. The van der Waals surface area contributed by atoms with E-state index in [9.17, 15) is 0 Å². The second kappa shape index (κ2) is 7.24. The molecule has 0 aromatic rings. The Bertz CT molecular complexity index is 153. The summed E-state index contributed by atoms with van der Waals surface area (Å²) in [7, 11) is 0. The van der Waals surface area contributed by atoms with E-state index < -0.39 is 0 Å². The van der Waals surface area contributed by atoms with Gasteiger partial charge in [0.1, 0.15) is 0 Å². The van der Waals surface area contributed by atoms with Gasteiger partial charge in [-0.2, -0.15) is 0 Å². The van der Waals surface area contributed by atoms with E-state index in [0.717, 1.165) is 19.0 Å². The lowest BCUT2D eigenvalue weighted by Crippen LogP contribution is -2.30. The predicted molar refractivity (Wildman–Crippen MR) is 65.1 cm³/mol. The molecule has 15 heavy (non-hydrogen) atoms. The maximum absolute atomic E-state index is 5.96. The molecule has 0 aliphatic heterocycles. The summed E-state index contributed by atoms with van der Waals surface area (Å²) in [6.07, 6.45) is 7.45. The van der Waals surface area contributed by atoms with E-state index in [4.69, 9.17) is 4.74 Å². The van der Waals surface area contributed by atoms with Gasteiger partial charge in [0, 0.05) is 6.54 Å². The van der Waals surface area contributed by atoms with Gasteiger partial charge in [0.05, 0.1) is 12.2 Å². The molecule has 0 spiro atoms. The molecule has 2 heteroatoms. The zero-order valence-electron chi connectivity index (χ0n) is 10.6. The van der Waals surface area contributed by atoms with Crippen molar-refractivity contribution >= 4 is 0 Å². The average Bonchev–Trinajstić information content (AvgIpc) is 2.64. The van der Waals surface area contributed by atoms with Gasteiger partial charge in [-0.05, 0) is 38.6 Å². The van der Waals surface area contributed by atoms with Gasteiger partial charge in [0.2, 0.25) is 0 Å². The molecule has 0 aromatic carbocycles. The molecule has 1 aliphatic rings. The Balaban J connectivity index is 1.95. The Hall–Kier alpha value is -0.0800. The molecule has 0 saturated heterocycles. The second-order valence-corrected chi connectivity index (χ2v) is 5.24. The van der Waals surface area contributed by atoms with Crippen molar-refractivity contribution in [3.63, 3.8) is 0 Å². The van der Waals surface area contributed by atoms with Crippen LogP contribution in [0.2, 0.25) is 0 Å². The minimum atomic E-state index is 0.375. The molecule has 0 heterocycles. The highest BCUT2D eigenvalue weighted by Gasteiger charge is 2.17. The largest absolute Gasteiger partial charge is 0.374 e. The summed E-state index contributed by atoms with van der Waals surface area (Å²) in [5.41, 5.74) is 0. The van der Waals surface area contributed by atoms with Crippen molar-refractivity contribution in [1.82, 2.24) is 5.32 Å². The van der Waals surface area contributed by atoms with Gasteiger partial charge in [0.15, 0.2) is 0 Å². The molecule has 0 aromatic heterocycles. The van der Waals surface area contributed by atoms with Crippen molar-refractivity contribution in [2.45, 2.75) is 65.1 Å². The minimum absolute atomic E-state index is 0.375. The summed E-state index contributed by atoms with van der Waals surface area (Å²) in [5.74, 6) is 0.795. The molecule has 1 saturated carbocycles. The SMILES string of the molecule is CC(C)CCNCC(C)OC1CCCC1. The Kier molecular flexibility index (Phi) is 6.26. The topological polar surface area (TPSA) is 21.3 Å². The van der Waals surface area contributed by atoms with E-state index in [-0.39, 0.29) is 0 Å². The van der Waals surface area contributed by atoms with Crippen LogP contribution in [0, 0.1) is 5.92 Å². The number of hydrogen-bond donors (Lipinski definition) is 1. The fourth-order valence-corrected chi connectivity index (χ4v) is 2.10. The zero-order valence-corrected chi connectivity index (χ0v) is 10.6. The Morgan fingerprint density at radius 2 is 1.87 bits per heavy atom. The van der Waals surface area contributed by atoms with E-state index in [1.807, 2.05) is 0 Å². The maximum atomic E-state index is 5.96. The summed E-state index contributed by atoms with van der Waals surface area (Å²) in [6.45, 7) is 8.83. The van der Waals surface area contributed by atoms with Gasteiger partial charge < -0.3 is 10.1 Å².